The number of nitrogens with one attached hydrogen (secondary N) is 1. The van der Waals surface area contributed by atoms with E-state index in [1.165, 1.54) is 18.4 Å². The summed E-state index contributed by atoms with van der Waals surface area (Å²) in [5.41, 5.74) is 7.80. The van der Waals surface area contributed by atoms with Crippen LogP contribution in [0.1, 0.15) is 18.4 Å². The lowest BCUT2D eigenvalue weighted by Gasteiger charge is -2.07. The maximum Gasteiger partial charge on any atom is 0.0591 e. The molecule has 1 fully saturated rings. The van der Waals surface area contributed by atoms with Gasteiger partial charge in [0.2, 0.25) is 0 Å². The van der Waals surface area contributed by atoms with Crippen LogP contribution >= 0.6 is 15.9 Å². The van der Waals surface area contributed by atoms with Crippen LogP contribution in [-0.2, 0) is 11.3 Å². The number of hydrogen-bond donors (Lipinski definition) is 2. The van der Waals surface area contributed by atoms with E-state index in [0.29, 0.717) is 0 Å². The van der Waals surface area contributed by atoms with E-state index in [2.05, 4.69) is 27.3 Å². The van der Waals surface area contributed by atoms with E-state index in [1.807, 2.05) is 12.1 Å². The Hall–Kier alpha value is -0.580. The molecular weight excluding hydrogens is 280 g/mol. The molecule has 1 aliphatic rings. The lowest BCUT2D eigenvalue weighted by Crippen LogP contribution is -2.19. The summed E-state index contributed by atoms with van der Waals surface area (Å²) < 4.78 is 6.50. The van der Waals surface area contributed by atoms with Gasteiger partial charge in [0.05, 0.1) is 6.61 Å². The molecule has 0 heterocycles. The fraction of sp³-hybridized carbons (Fsp3) is 0.538. The normalized spacial score (nSPS) is 15.1. The van der Waals surface area contributed by atoms with Crippen LogP contribution in [-0.4, -0.2) is 19.8 Å². The highest BCUT2D eigenvalue weighted by Gasteiger charge is 2.20. The number of benzene rings is 1. The van der Waals surface area contributed by atoms with Gasteiger partial charge >= 0.3 is 0 Å². The van der Waals surface area contributed by atoms with E-state index < -0.39 is 0 Å². The first-order chi connectivity index (χ1) is 8.25. The van der Waals surface area contributed by atoms with Gasteiger partial charge in [-0.25, -0.2) is 0 Å². The number of anilines is 1. The average molecular weight is 299 g/mol. The zero-order chi connectivity index (χ0) is 12.1. The number of halogens is 1. The fourth-order valence-corrected chi connectivity index (χ4v) is 1.86. The highest BCUT2D eigenvalue weighted by atomic mass is 79.9. The topological polar surface area (TPSA) is 47.3 Å². The van der Waals surface area contributed by atoms with Gasteiger partial charge in [-0.05, 0) is 52.4 Å². The molecule has 1 aromatic rings. The summed E-state index contributed by atoms with van der Waals surface area (Å²) in [5.74, 6) is 0.848. The Kier molecular flexibility index (Phi) is 4.83. The molecule has 3 nitrogen and oxygen atoms in total. The molecule has 2 rings (SSSR count). The van der Waals surface area contributed by atoms with Gasteiger partial charge in [-0.15, -0.1) is 0 Å². The summed E-state index contributed by atoms with van der Waals surface area (Å²) in [7, 11) is 0. The first kappa shape index (κ1) is 12.9. The highest BCUT2D eigenvalue weighted by Crippen LogP contribution is 2.28. The predicted octanol–water partition coefficient (Wildman–Crippen LogP) is 2.55. The minimum Gasteiger partial charge on any atom is -0.398 e. The third kappa shape index (κ3) is 4.66. The number of hydrogen-bond acceptors (Lipinski definition) is 3. The van der Waals surface area contributed by atoms with Crippen LogP contribution in [0.2, 0.25) is 0 Å². The molecule has 0 saturated heterocycles. The molecule has 0 aliphatic heterocycles. The molecule has 0 amide bonds. The highest BCUT2D eigenvalue weighted by molar-refractivity contribution is 9.10. The van der Waals surface area contributed by atoms with Gasteiger partial charge in [0, 0.05) is 29.9 Å². The van der Waals surface area contributed by atoms with Gasteiger partial charge in [0.1, 0.15) is 0 Å². The Balaban J connectivity index is 1.58. The fourth-order valence-electron chi connectivity index (χ4n) is 1.61. The second-order valence-corrected chi connectivity index (χ2v) is 5.41. The maximum absolute atomic E-state index is 5.81. The largest absolute Gasteiger partial charge is 0.398 e. The lowest BCUT2D eigenvalue weighted by molar-refractivity contribution is 0.126. The Bertz CT molecular complexity index is 366. The average Bonchev–Trinajstić information content (AvgIpc) is 3.12. The molecule has 94 valence electrons. The van der Waals surface area contributed by atoms with E-state index in [1.54, 1.807) is 0 Å². The van der Waals surface area contributed by atoms with E-state index in [4.69, 9.17) is 10.5 Å². The maximum atomic E-state index is 5.81. The third-order valence-corrected chi connectivity index (χ3v) is 3.59. The van der Waals surface area contributed by atoms with Crippen LogP contribution in [0.4, 0.5) is 5.69 Å². The monoisotopic (exact) mass is 298 g/mol. The first-order valence-corrected chi connectivity index (χ1v) is 6.87. The van der Waals surface area contributed by atoms with Crippen LogP contribution in [0, 0.1) is 5.92 Å². The molecule has 1 aromatic carbocycles. The van der Waals surface area contributed by atoms with E-state index in [9.17, 15) is 0 Å². The lowest BCUT2D eigenvalue weighted by atomic mass is 10.2. The molecule has 0 unspecified atom stereocenters. The second-order valence-electron chi connectivity index (χ2n) is 4.55. The summed E-state index contributed by atoms with van der Waals surface area (Å²) in [6.07, 6.45) is 2.71. The second kappa shape index (κ2) is 6.38. The number of rotatable bonds is 7. The Morgan fingerprint density at radius 3 is 2.94 bits per heavy atom. The van der Waals surface area contributed by atoms with Crippen molar-refractivity contribution in [3.05, 3.63) is 28.2 Å². The molecule has 0 bridgehead atoms. The van der Waals surface area contributed by atoms with Crippen molar-refractivity contribution >= 4 is 21.6 Å². The Labute approximate surface area is 111 Å². The molecule has 1 saturated carbocycles. The molecule has 17 heavy (non-hydrogen) atoms. The summed E-state index contributed by atoms with van der Waals surface area (Å²) >= 11 is 3.39. The van der Waals surface area contributed by atoms with Gasteiger partial charge < -0.3 is 15.8 Å². The smallest absolute Gasteiger partial charge is 0.0591 e. The zero-order valence-corrected chi connectivity index (χ0v) is 11.5. The van der Waals surface area contributed by atoms with Gasteiger partial charge in [-0.1, -0.05) is 6.07 Å². The van der Waals surface area contributed by atoms with Crippen LogP contribution in [0.5, 0.6) is 0 Å². The molecule has 1 aliphatic carbocycles. The van der Waals surface area contributed by atoms with E-state index in [-0.39, 0.29) is 0 Å². The van der Waals surface area contributed by atoms with Crippen LogP contribution in [0.3, 0.4) is 0 Å². The standard InChI is InChI=1S/C13H19BrN2O/c14-12-4-3-11(7-13(12)15)8-16-5-6-17-9-10-1-2-10/h3-4,7,10,16H,1-2,5-6,8-9,15H2. The summed E-state index contributed by atoms with van der Waals surface area (Å²) in [5, 5.41) is 3.35. The predicted molar refractivity (Wildman–Crippen MR) is 73.8 cm³/mol. The number of nitrogens with two attached hydrogens (primary N) is 1. The van der Waals surface area contributed by atoms with Crippen molar-refractivity contribution in [2.45, 2.75) is 19.4 Å². The van der Waals surface area contributed by atoms with Gasteiger partial charge in [-0.2, -0.15) is 0 Å². The molecule has 4 heteroatoms. The minimum atomic E-state index is 0.786. The first-order valence-electron chi connectivity index (χ1n) is 6.08. The summed E-state index contributed by atoms with van der Waals surface area (Å²) in [4.78, 5) is 0. The van der Waals surface area contributed by atoms with E-state index in [0.717, 1.165) is 42.4 Å². The quantitative estimate of drug-likeness (QED) is 0.601. The number of nitrogen functional groups attached to an aromatic ring is 1. The van der Waals surface area contributed by atoms with Gasteiger partial charge in [0.15, 0.2) is 0 Å². The molecule has 0 radical (unpaired) electrons. The molecular formula is C13H19BrN2O. The SMILES string of the molecule is Nc1cc(CNCCOCC2CC2)ccc1Br. The van der Waals surface area contributed by atoms with Crippen molar-refractivity contribution in [2.24, 2.45) is 5.92 Å². The van der Waals surface area contributed by atoms with Crippen molar-refractivity contribution in [3.8, 4) is 0 Å². The third-order valence-electron chi connectivity index (χ3n) is 2.86. The Morgan fingerprint density at radius 2 is 2.24 bits per heavy atom. The van der Waals surface area contributed by atoms with Crippen LogP contribution < -0.4 is 11.1 Å². The molecule has 0 spiro atoms. The van der Waals surface area contributed by atoms with Gasteiger partial charge in [-0.3, -0.25) is 0 Å². The van der Waals surface area contributed by atoms with Crippen molar-refractivity contribution in [1.29, 1.82) is 0 Å². The summed E-state index contributed by atoms with van der Waals surface area (Å²) in [6, 6.07) is 6.04. The van der Waals surface area contributed by atoms with Crippen molar-refractivity contribution < 1.29 is 4.74 Å². The van der Waals surface area contributed by atoms with Crippen molar-refractivity contribution in [1.82, 2.24) is 5.32 Å². The molecule has 3 N–H and O–H groups in total. The molecule has 0 aromatic heterocycles. The van der Waals surface area contributed by atoms with Crippen molar-refractivity contribution in [2.75, 3.05) is 25.5 Å². The van der Waals surface area contributed by atoms with Crippen LogP contribution in [0.25, 0.3) is 0 Å². The van der Waals surface area contributed by atoms with Gasteiger partial charge in [0.25, 0.3) is 0 Å². The van der Waals surface area contributed by atoms with Crippen molar-refractivity contribution in [3.63, 3.8) is 0 Å². The summed E-state index contributed by atoms with van der Waals surface area (Å²) in [6.45, 7) is 3.46. The zero-order valence-electron chi connectivity index (χ0n) is 9.92. The molecule has 0 atom stereocenters. The minimum absolute atomic E-state index is 0.786. The van der Waals surface area contributed by atoms with Crippen LogP contribution in [0.15, 0.2) is 22.7 Å². The van der Waals surface area contributed by atoms with E-state index >= 15 is 0 Å². The Morgan fingerprint density at radius 1 is 1.41 bits per heavy atom. The number of ether oxygens (including phenoxy) is 1.